The molecule has 0 atom stereocenters. The Kier molecular flexibility index (Phi) is 6.67. The molecule has 0 saturated heterocycles. The SMILES string of the molecule is COc1ccccc1CCNC(=O)CCNc1c(C)cccc1C. The highest BCUT2D eigenvalue weighted by Gasteiger charge is 2.05. The number of amides is 1. The number of para-hydroxylation sites is 2. The van der Waals surface area contributed by atoms with Gasteiger partial charge < -0.3 is 15.4 Å². The number of ether oxygens (including phenoxy) is 1. The highest BCUT2D eigenvalue weighted by atomic mass is 16.5. The van der Waals surface area contributed by atoms with Crippen LogP contribution in [-0.2, 0) is 11.2 Å². The van der Waals surface area contributed by atoms with E-state index in [-0.39, 0.29) is 5.91 Å². The second-order valence-electron chi connectivity index (χ2n) is 5.86. The topological polar surface area (TPSA) is 50.4 Å². The van der Waals surface area contributed by atoms with Crippen molar-refractivity contribution in [3.05, 3.63) is 59.2 Å². The molecule has 2 N–H and O–H groups in total. The molecule has 4 heteroatoms. The number of methoxy groups -OCH3 is 1. The van der Waals surface area contributed by atoms with E-state index in [2.05, 4.69) is 36.6 Å². The number of carbonyl (C=O) groups excluding carboxylic acids is 1. The molecule has 0 aliphatic heterocycles. The molecule has 2 aromatic rings. The van der Waals surface area contributed by atoms with Gasteiger partial charge in [0.05, 0.1) is 7.11 Å². The fourth-order valence-corrected chi connectivity index (χ4v) is 2.73. The van der Waals surface area contributed by atoms with E-state index in [4.69, 9.17) is 4.74 Å². The van der Waals surface area contributed by atoms with Crippen molar-refractivity contribution in [2.75, 3.05) is 25.5 Å². The average molecular weight is 326 g/mol. The zero-order valence-corrected chi connectivity index (χ0v) is 14.7. The molecule has 0 fully saturated rings. The van der Waals surface area contributed by atoms with Crippen LogP contribution in [0.5, 0.6) is 5.75 Å². The Hall–Kier alpha value is -2.49. The van der Waals surface area contributed by atoms with Gasteiger partial charge in [-0.25, -0.2) is 0 Å². The third-order valence-electron chi connectivity index (χ3n) is 4.04. The van der Waals surface area contributed by atoms with Gasteiger partial charge in [-0.15, -0.1) is 0 Å². The Balaban J connectivity index is 1.72. The van der Waals surface area contributed by atoms with Crippen molar-refractivity contribution in [3.63, 3.8) is 0 Å². The molecule has 0 radical (unpaired) electrons. The van der Waals surface area contributed by atoms with Gasteiger partial charge in [-0.2, -0.15) is 0 Å². The van der Waals surface area contributed by atoms with Crippen molar-refractivity contribution in [2.24, 2.45) is 0 Å². The molecule has 4 nitrogen and oxygen atoms in total. The van der Waals surface area contributed by atoms with Crippen LogP contribution in [0.25, 0.3) is 0 Å². The number of hydrogen-bond acceptors (Lipinski definition) is 3. The van der Waals surface area contributed by atoms with Crippen LogP contribution < -0.4 is 15.4 Å². The zero-order valence-electron chi connectivity index (χ0n) is 14.7. The van der Waals surface area contributed by atoms with Crippen LogP contribution in [-0.4, -0.2) is 26.1 Å². The van der Waals surface area contributed by atoms with Gasteiger partial charge in [-0.1, -0.05) is 36.4 Å². The van der Waals surface area contributed by atoms with Crippen molar-refractivity contribution >= 4 is 11.6 Å². The number of nitrogens with one attached hydrogen (secondary N) is 2. The molecule has 2 aromatic carbocycles. The highest BCUT2D eigenvalue weighted by Crippen LogP contribution is 2.19. The summed E-state index contributed by atoms with van der Waals surface area (Å²) in [4.78, 5) is 12.0. The van der Waals surface area contributed by atoms with Crippen LogP contribution in [0.1, 0.15) is 23.1 Å². The average Bonchev–Trinajstić information content (AvgIpc) is 2.58. The molecule has 128 valence electrons. The fraction of sp³-hybridized carbons (Fsp3) is 0.350. The van der Waals surface area contributed by atoms with E-state index in [1.807, 2.05) is 30.3 Å². The molecule has 24 heavy (non-hydrogen) atoms. The van der Waals surface area contributed by atoms with Gasteiger partial charge in [0.15, 0.2) is 0 Å². The summed E-state index contributed by atoms with van der Waals surface area (Å²) in [5.41, 5.74) is 4.63. The first-order valence-electron chi connectivity index (χ1n) is 8.30. The second kappa shape index (κ2) is 8.96. The van der Waals surface area contributed by atoms with Crippen molar-refractivity contribution in [1.29, 1.82) is 0 Å². The second-order valence-corrected chi connectivity index (χ2v) is 5.86. The first-order chi connectivity index (χ1) is 11.6. The Morgan fingerprint density at radius 3 is 2.42 bits per heavy atom. The third kappa shape index (κ3) is 5.01. The van der Waals surface area contributed by atoms with Gasteiger partial charge in [0.25, 0.3) is 0 Å². The molecule has 0 bridgehead atoms. The zero-order chi connectivity index (χ0) is 17.4. The summed E-state index contributed by atoms with van der Waals surface area (Å²) in [7, 11) is 1.66. The van der Waals surface area contributed by atoms with Crippen molar-refractivity contribution < 1.29 is 9.53 Å². The summed E-state index contributed by atoms with van der Waals surface area (Å²) >= 11 is 0. The van der Waals surface area contributed by atoms with Crippen molar-refractivity contribution in [2.45, 2.75) is 26.7 Å². The summed E-state index contributed by atoms with van der Waals surface area (Å²) < 4.78 is 5.32. The smallest absolute Gasteiger partial charge is 0.221 e. The normalized spacial score (nSPS) is 10.3. The van der Waals surface area contributed by atoms with E-state index in [9.17, 15) is 4.79 Å². The molecule has 0 aliphatic carbocycles. The van der Waals surface area contributed by atoms with Crippen LogP contribution in [0.3, 0.4) is 0 Å². The lowest BCUT2D eigenvalue weighted by atomic mass is 10.1. The van der Waals surface area contributed by atoms with Gasteiger partial charge >= 0.3 is 0 Å². The maximum atomic E-state index is 12.0. The number of hydrogen-bond donors (Lipinski definition) is 2. The number of carbonyl (C=O) groups is 1. The largest absolute Gasteiger partial charge is 0.496 e. The molecule has 0 saturated carbocycles. The summed E-state index contributed by atoms with van der Waals surface area (Å²) in [6.45, 7) is 5.39. The molecule has 0 unspecified atom stereocenters. The minimum Gasteiger partial charge on any atom is -0.496 e. The molecular weight excluding hydrogens is 300 g/mol. The molecule has 0 aliphatic rings. The van der Waals surface area contributed by atoms with Gasteiger partial charge in [0.2, 0.25) is 5.91 Å². The monoisotopic (exact) mass is 326 g/mol. The van der Waals surface area contributed by atoms with Gasteiger partial charge in [-0.05, 0) is 43.0 Å². The first kappa shape index (κ1) is 17.9. The Morgan fingerprint density at radius 2 is 1.71 bits per heavy atom. The summed E-state index contributed by atoms with van der Waals surface area (Å²) in [6, 6.07) is 14.1. The quantitative estimate of drug-likeness (QED) is 0.781. The standard InChI is InChI=1S/C20H26N2O2/c1-15-7-6-8-16(2)20(15)22-14-12-19(23)21-13-11-17-9-4-5-10-18(17)24-3/h4-10,22H,11-14H2,1-3H3,(H,21,23). The Labute approximate surface area is 144 Å². The Morgan fingerprint density at radius 1 is 1.00 bits per heavy atom. The first-order valence-corrected chi connectivity index (χ1v) is 8.30. The molecule has 0 spiro atoms. The molecular formula is C20H26N2O2. The van der Waals surface area contributed by atoms with E-state index in [0.29, 0.717) is 19.5 Å². The Bertz CT molecular complexity index is 663. The van der Waals surface area contributed by atoms with Crippen molar-refractivity contribution in [1.82, 2.24) is 5.32 Å². The maximum Gasteiger partial charge on any atom is 0.221 e. The van der Waals surface area contributed by atoms with Crippen LogP contribution >= 0.6 is 0 Å². The van der Waals surface area contributed by atoms with Gasteiger partial charge in [0.1, 0.15) is 5.75 Å². The lowest BCUT2D eigenvalue weighted by molar-refractivity contribution is -0.120. The van der Waals surface area contributed by atoms with E-state index >= 15 is 0 Å². The predicted octanol–water partition coefficient (Wildman–Crippen LogP) is 3.47. The lowest BCUT2D eigenvalue weighted by Crippen LogP contribution is -2.27. The number of rotatable bonds is 8. The van der Waals surface area contributed by atoms with Crippen LogP contribution in [0, 0.1) is 13.8 Å². The third-order valence-corrected chi connectivity index (χ3v) is 4.04. The molecule has 2 rings (SSSR count). The molecule has 0 aromatic heterocycles. The minimum absolute atomic E-state index is 0.0589. The fourth-order valence-electron chi connectivity index (χ4n) is 2.73. The van der Waals surface area contributed by atoms with Gasteiger partial charge in [-0.3, -0.25) is 4.79 Å². The predicted molar refractivity (Wildman–Crippen MR) is 98.7 cm³/mol. The number of anilines is 1. The number of benzene rings is 2. The highest BCUT2D eigenvalue weighted by molar-refractivity contribution is 5.76. The molecule has 1 amide bonds. The van der Waals surface area contributed by atoms with E-state index in [0.717, 1.165) is 23.4 Å². The van der Waals surface area contributed by atoms with E-state index in [1.165, 1.54) is 11.1 Å². The van der Waals surface area contributed by atoms with Crippen LogP contribution in [0.15, 0.2) is 42.5 Å². The minimum atomic E-state index is 0.0589. The van der Waals surface area contributed by atoms with E-state index < -0.39 is 0 Å². The van der Waals surface area contributed by atoms with Crippen LogP contribution in [0.4, 0.5) is 5.69 Å². The molecule has 0 heterocycles. The summed E-state index contributed by atoms with van der Waals surface area (Å²) in [5, 5.41) is 6.32. The maximum absolute atomic E-state index is 12.0. The number of aryl methyl sites for hydroxylation is 2. The summed E-state index contributed by atoms with van der Waals surface area (Å²) in [5.74, 6) is 0.923. The lowest BCUT2D eigenvalue weighted by Gasteiger charge is -2.13. The van der Waals surface area contributed by atoms with Crippen LogP contribution in [0.2, 0.25) is 0 Å². The van der Waals surface area contributed by atoms with Gasteiger partial charge in [0, 0.05) is 25.2 Å². The van der Waals surface area contributed by atoms with E-state index in [1.54, 1.807) is 7.11 Å². The van der Waals surface area contributed by atoms with Crippen molar-refractivity contribution in [3.8, 4) is 5.75 Å². The summed E-state index contributed by atoms with van der Waals surface area (Å²) in [6.07, 6.45) is 1.22.